The summed E-state index contributed by atoms with van der Waals surface area (Å²) in [6.45, 7) is 4.37. The topological polar surface area (TPSA) is 49.9 Å². The Kier molecular flexibility index (Phi) is 7.42. The highest BCUT2D eigenvalue weighted by Crippen LogP contribution is 2.45. The summed E-state index contributed by atoms with van der Waals surface area (Å²) >= 11 is 0. The molecule has 2 aromatic rings. The van der Waals surface area contributed by atoms with E-state index in [1.807, 2.05) is 12.1 Å². The van der Waals surface area contributed by atoms with Gasteiger partial charge in [0.15, 0.2) is 0 Å². The molecule has 0 saturated carbocycles. The van der Waals surface area contributed by atoms with E-state index in [0.29, 0.717) is 23.4 Å². The first-order valence-electron chi connectivity index (χ1n) is 12.4. The van der Waals surface area contributed by atoms with E-state index in [1.54, 1.807) is 13.8 Å². The second kappa shape index (κ2) is 10.1. The van der Waals surface area contributed by atoms with Gasteiger partial charge in [-0.2, -0.15) is 26.3 Å². The maximum Gasteiger partial charge on any atom is 0.416 e. The van der Waals surface area contributed by atoms with Crippen LogP contribution in [0.5, 0.6) is 0 Å². The maximum atomic E-state index is 13.4. The number of amides is 2. The number of carbonyl (C=O) groups is 2. The van der Waals surface area contributed by atoms with Crippen LogP contribution < -0.4 is 4.90 Å². The third-order valence-electron chi connectivity index (χ3n) is 7.11. The highest BCUT2D eigenvalue weighted by atomic mass is 19.4. The molecular weight excluding hydrogens is 514 g/mol. The van der Waals surface area contributed by atoms with E-state index in [-0.39, 0.29) is 24.7 Å². The number of hydrogen-bond donors (Lipinski definition) is 0. The van der Waals surface area contributed by atoms with Crippen molar-refractivity contribution in [3.63, 3.8) is 0 Å². The van der Waals surface area contributed by atoms with Crippen molar-refractivity contribution in [1.29, 1.82) is 0 Å². The van der Waals surface area contributed by atoms with Crippen LogP contribution in [0.15, 0.2) is 30.3 Å². The van der Waals surface area contributed by atoms with E-state index < -0.39 is 54.1 Å². The molecule has 2 amide bonds. The molecule has 0 spiro atoms. The minimum atomic E-state index is -5.00. The molecule has 5 nitrogen and oxygen atoms in total. The van der Waals surface area contributed by atoms with Crippen molar-refractivity contribution in [2.45, 2.75) is 77.4 Å². The van der Waals surface area contributed by atoms with Crippen LogP contribution in [0.2, 0.25) is 0 Å². The second-order valence-corrected chi connectivity index (χ2v) is 9.76. The number of rotatable bonds is 4. The normalized spacial score (nSPS) is 19.1. The highest BCUT2D eigenvalue weighted by molar-refractivity contribution is 5.91. The Morgan fingerprint density at radius 3 is 2.08 bits per heavy atom. The molecule has 38 heavy (non-hydrogen) atoms. The van der Waals surface area contributed by atoms with E-state index >= 15 is 0 Å². The zero-order valence-electron chi connectivity index (χ0n) is 21.2. The molecule has 2 aliphatic rings. The number of carbonyl (C=O) groups excluding carboxylic acids is 2. The standard InChI is InChI=1S/C27H28F6N2O3/c1-4-38-25(37)35-15(2)8-23(22-11-18-6-5-7-19(18)12-24(22)35)34(16(3)36)14-17-9-20(26(28,29)30)13-21(10-17)27(31,32)33/h9-13,15,23H,4-8,14H2,1-3H3/t15-,23+/m0/s1. The van der Waals surface area contributed by atoms with Crippen LogP contribution in [0.25, 0.3) is 0 Å². The largest absolute Gasteiger partial charge is 0.449 e. The molecule has 11 heteroatoms. The fourth-order valence-corrected chi connectivity index (χ4v) is 5.41. The van der Waals surface area contributed by atoms with Gasteiger partial charge in [0, 0.05) is 19.5 Å². The molecule has 1 heterocycles. The Morgan fingerprint density at radius 1 is 0.974 bits per heavy atom. The molecule has 0 radical (unpaired) electrons. The van der Waals surface area contributed by atoms with Gasteiger partial charge in [0.1, 0.15) is 0 Å². The lowest BCUT2D eigenvalue weighted by atomic mass is 9.88. The molecule has 0 bridgehead atoms. The number of ether oxygens (including phenoxy) is 1. The van der Waals surface area contributed by atoms with E-state index in [4.69, 9.17) is 4.74 Å². The monoisotopic (exact) mass is 542 g/mol. The maximum absolute atomic E-state index is 13.4. The third kappa shape index (κ3) is 5.47. The summed E-state index contributed by atoms with van der Waals surface area (Å²) in [7, 11) is 0. The molecular formula is C27H28F6N2O3. The SMILES string of the molecule is CCOC(=O)N1c2cc3c(cc2[C@H](N(Cc2cc(C(F)(F)F)cc(C(F)(F)F)c2)C(C)=O)C[C@@H]1C)CCC3. The number of nitrogens with zero attached hydrogens (tertiary/aromatic N) is 2. The number of halogens is 6. The molecule has 2 aromatic carbocycles. The van der Waals surface area contributed by atoms with Gasteiger partial charge in [-0.1, -0.05) is 6.07 Å². The van der Waals surface area contributed by atoms with Gasteiger partial charge in [0.05, 0.1) is 29.5 Å². The number of hydrogen-bond acceptors (Lipinski definition) is 3. The summed E-state index contributed by atoms with van der Waals surface area (Å²) in [5.74, 6) is -0.510. The van der Waals surface area contributed by atoms with Crippen molar-refractivity contribution in [2.75, 3.05) is 11.5 Å². The van der Waals surface area contributed by atoms with Crippen LogP contribution >= 0.6 is 0 Å². The molecule has 206 valence electrons. The lowest BCUT2D eigenvalue weighted by Gasteiger charge is -2.43. The highest BCUT2D eigenvalue weighted by Gasteiger charge is 2.40. The predicted octanol–water partition coefficient (Wildman–Crippen LogP) is 7.06. The Hall–Kier alpha value is -3.24. The van der Waals surface area contributed by atoms with Crippen LogP contribution in [0.3, 0.4) is 0 Å². The zero-order chi connectivity index (χ0) is 28.0. The summed E-state index contributed by atoms with van der Waals surface area (Å²) in [6.07, 6.45) is -7.78. The minimum absolute atomic E-state index is 0.0696. The Bertz CT molecular complexity index is 1210. The average Bonchev–Trinajstić information content (AvgIpc) is 3.27. The van der Waals surface area contributed by atoms with Crippen LogP contribution in [0.4, 0.5) is 36.8 Å². The number of benzene rings is 2. The molecule has 0 saturated heterocycles. The summed E-state index contributed by atoms with van der Waals surface area (Å²) in [4.78, 5) is 28.5. The average molecular weight is 543 g/mol. The molecule has 0 fully saturated rings. The Balaban J connectivity index is 1.80. The summed E-state index contributed by atoms with van der Waals surface area (Å²) in [5, 5.41) is 0. The van der Waals surface area contributed by atoms with Crippen molar-refractivity contribution >= 4 is 17.7 Å². The number of fused-ring (bicyclic) bond motifs is 2. The number of aryl methyl sites for hydroxylation is 2. The van der Waals surface area contributed by atoms with E-state index in [9.17, 15) is 35.9 Å². The van der Waals surface area contributed by atoms with Gasteiger partial charge in [-0.25, -0.2) is 4.79 Å². The minimum Gasteiger partial charge on any atom is -0.449 e. The quantitative estimate of drug-likeness (QED) is 0.389. The van der Waals surface area contributed by atoms with Gasteiger partial charge < -0.3 is 9.64 Å². The van der Waals surface area contributed by atoms with E-state index in [0.717, 1.165) is 30.4 Å². The van der Waals surface area contributed by atoms with Crippen molar-refractivity contribution in [1.82, 2.24) is 4.90 Å². The third-order valence-corrected chi connectivity index (χ3v) is 7.11. The molecule has 4 rings (SSSR count). The predicted molar refractivity (Wildman–Crippen MR) is 127 cm³/mol. The van der Waals surface area contributed by atoms with Crippen LogP contribution in [-0.4, -0.2) is 29.5 Å². The molecule has 1 aliphatic heterocycles. The summed E-state index contributed by atoms with van der Waals surface area (Å²) < 4.78 is 85.9. The first-order chi connectivity index (χ1) is 17.7. The summed E-state index contributed by atoms with van der Waals surface area (Å²) in [6, 6.07) is 4.04. The first-order valence-corrected chi connectivity index (χ1v) is 12.4. The van der Waals surface area contributed by atoms with Crippen LogP contribution in [-0.2, 0) is 41.3 Å². The summed E-state index contributed by atoms with van der Waals surface area (Å²) in [5.41, 5.74) is 0.116. The fourth-order valence-electron chi connectivity index (χ4n) is 5.41. The van der Waals surface area contributed by atoms with Gasteiger partial charge in [-0.15, -0.1) is 0 Å². The second-order valence-electron chi connectivity index (χ2n) is 9.76. The van der Waals surface area contributed by atoms with Gasteiger partial charge in [-0.3, -0.25) is 9.69 Å². The zero-order valence-corrected chi connectivity index (χ0v) is 21.2. The number of anilines is 1. The Labute approximate surface area is 216 Å². The van der Waals surface area contributed by atoms with Crippen molar-refractivity contribution in [3.8, 4) is 0 Å². The molecule has 0 aromatic heterocycles. The smallest absolute Gasteiger partial charge is 0.416 e. The lowest BCUT2D eigenvalue weighted by molar-refractivity contribution is -0.143. The first kappa shape index (κ1) is 27.8. The van der Waals surface area contributed by atoms with Crippen molar-refractivity contribution in [3.05, 3.63) is 63.7 Å². The Morgan fingerprint density at radius 2 is 1.55 bits per heavy atom. The molecule has 0 N–H and O–H groups in total. The lowest BCUT2D eigenvalue weighted by Crippen LogP contribution is -2.47. The van der Waals surface area contributed by atoms with Gasteiger partial charge >= 0.3 is 18.4 Å². The molecule has 1 aliphatic carbocycles. The molecule has 2 atom stereocenters. The van der Waals surface area contributed by atoms with Gasteiger partial charge in [0.25, 0.3) is 0 Å². The molecule has 0 unspecified atom stereocenters. The van der Waals surface area contributed by atoms with Crippen LogP contribution in [0.1, 0.15) is 73.0 Å². The van der Waals surface area contributed by atoms with E-state index in [2.05, 4.69) is 0 Å². The van der Waals surface area contributed by atoms with Crippen molar-refractivity contribution < 1.29 is 40.7 Å². The van der Waals surface area contributed by atoms with Crippen LogP contribution in [0, 0.1) is 0 Å². The number of alkyl halides is 6. The van der Waals surface area contributed by atoms with Gasteiger partial charge in [-0.05, 0) is 86.1 Å². The van der Waals surface area contributed by atoms with E-state index in [1.165, 1.54) is 16.7 Å². The fraction of sp³-hybridized carbons (Fsp3) is 0.481. The van der Waals surface area contributed by atoms with Crippen molar-refractivity contribution in [2.24, 2.45) is 0 Å². The van der Waals surface area contributed by atoms with Gasteiger partial charge in [0.2, 0.25) is 5.91 Å².